The fourth-order valence-corrected chi connectivity index (χ4v) is 2.94. The van der Waals surface area contributed by atoms with Crippen molar-refractivity contribution >= 4 is 23.2 Å². The van der Waals surface area contributed by atoms with Gasteiger partial charge in [-0.1, -0.05) is 31.9 Å². The van der Waals surface area contributed by atoms with E-state index in [1.165, 1.54) is 0 Å². The second-order valence-corrected chi connectivity index (χ2v) is 7.66. The number of amides is 1. The second kappa shape index (κ2) is 9.67. The molecule has 30 heavy (non-hydrogen) atoms. The average molecular weight is 428 g/mol. The van der Waals surface area contributed by atoms with Crippen molar-refractivity contribution in [1.82, 2.24) is 9.78 Å². The van der Waals surface area contributed by atoms with Crippen molar-refractivity contribution in [3.05, 3.63) is 64.9 Å². The van der Waals surface area contributed by atoms with E-state index in [0.717, 1.165) is 17.7 Å². The minimum atomic E-state index is -0.296. The Bertz CT molecular complexity index is 1020. The van der Waals surface area contributed by atoms with Gasteiger partial charge >= 0.3 is 0 Å². The molecule has 1 unspecified atom stereocenters. The lowest BCUT2D eigenvalue weighted by Gasteiger charge is -2.15. The molecule has 2 aromatic carbocycles. The van der Waals surface area contributed by atoms with E-state index in [2.05, 4.69) is 24.3 Å². The third kappa shape index (κ3) is 5.13. The lowest BCUT2D eigenvalue weighted by atomic mass is 10.1. The molecule has 1 amide bonds. The summed E-state index contributed by atoms with van der Waals surface area (Å²) in [6, 6.07) is 12.6. The molecule has 1 N–H and O–H groups in total. The van der Waals surface area contributed by atoms with Crippen LogP contribution in [0.3, 0.4) is 0 Å². The van der Waals surface area contributed by atoms with Crippen LogP contribution in [0.1, 0.15) is 36.3 Å². The third-order valence-corrected chi connectivity index (χ3v) is 5.10. The Hall–Kier alpha value is -2.99. The molecule has 1 atom stereocenters. The number of nitrogens with zero attached hydrogens (tertiary/aromatic N) is 2. The number of ether oxygens (including phenoxy) is 2. The highest BCUT2D eigenvalue weighted by molar-refractivity contribution is 6.30. The van der Waals surface area contributed by atoms with Gasteiger partial charge in [-0.15, -0.1) is 0 Å². The van der Waals surface area contributed by atoms with Crippen LogP contribution in [0.4, 0.5) is 5.69 Å². The van der Waals surface area contributed by atoms with E-state index in [0.29, 0.717) is 40.4 Å². The van der Waals surface area contributed by atoms with Crippen LogP contribution in [-0.4, -0.2) is 29.4 Å². The molecule has 7 heteroatoms. The van der Waals surface area contributed by atoms with Gasteiger partial charge in [-0.2, -0.15) is 5.10 Å². The molecule has 1 heterocycles. The van der Waals surface area contributed by atoms with Gasteiger partial charge in [0.05, 0.1) is 19.4 Å². The molecule has 3 rings (SSSR count). The predicted molar refractivity (Wildman–Crippen MR) is 119 cm³/mol. The van der Waals surface area contributed by atoms with Gasteiger partial charge in [-0.05, 0) is 49.2 Å². The first kappa shape index (κ1) is 21.7. The van der Waals surface area contributed by atoms with Gasteiger partial charge in [0.1, 0.15) is 0 Å². The molecular formula is C23H26ClN3O3. The largest absolute Gasteiger partial charge is 0.493 e. The van der Waals surface area contributed by atoms with Crippen LogP contribution in [0.15, 0.2) is 48.7 Å². The summed E-state index contributed by atoms with van der Waals surface area (Å²) in [6.45, 7) is 6.72. The predicted octanol–water partition coefficient (Wildman–Crippen LogP) is 5.52. The molecule has 0 saturated heterocycles. The highest BCUT2D eigenvalue weighted by Gasteiger charge is 2.16. The Morgan fingerprint density at radius 3 is 2.60 bits per heavy atom. The van der Waals surface area contributed by atoms with Crippen LogP contribution >= 0.6 is 11.6 Å². The van der Waals surface area contributed by atoms with Crippen LogP contribution < -0.4 is 14.8 Å². The van der Waals surface area contributed by atoms with E-state index in [4.69, 9.17) is 21.1 Å². The SMILES string of the molecule is CCC(C)COc1ccc(NC(=O)c2nn(-c3ccc(Cl)cc3)cc2C)cc1OC. The Morgan fingerprint density at radius 1 is 1.20 bits per heavy atom. The van der Waals surface area contributed by atoms with E-state index in [-0.39, 0.29) is 5.91 Å². The maximum atomic E-state index is 12.8. The van der Waals surface area contributed by atoms with E-state index >= 15 is 0 Å². The maximum Gasteiger partial charge on any atom is 0.276 e. The third-order valence-electron chi connectivity index (χ3n) is 4.85. The summed E-state index contributed by atoms with van der Waals surface area (Å²) in [6.07, 6.45) is 2.85. The number of halogens is 1. The first-order valence-electron chi connectivity index (χ1n) is 9.85. The summed E-state index contributed by atoms with van der Waals surface area (Å²) in [5, 5.41) is 7.95. The molecule has 0 saturated carbocycles. The molecule has 0 radical (unpaired) electrons. The van der Waals surface area contributed by atoms with Crippen LogP contribution in [0.25, 0.3) is 5.69 Å². The standard InChI is InChI=1S/C23H26ClN3O3/c1-5-15(2)14-30-20-11-8-18(12-21(20)29-4)25-23(28)22-16(3)13-27(26-22)19-9-6-17(24)7-10-19/h6-13,15H,5,14H2,1-4H3,(H,25,28). The highest BCUT2D eigenvalue weighted by atomic mass is 35.5. The molecule has 1 aromatic heterocycles. The first-order valence-corrected chi connectivity index (χ1v) is 10.2. The van der Waals surface area contributed by atoms with E-state index in [1.54, 1.807) is 42.1 Å². The summed E-state index contributed by atoms with van der Waals surface area (Å²) in [7, 11) is 1.58. The zero-order valence-corrected chi connectivity index (χ0v) is 18.4. The van der Waals surface area contributed by atoms with Crippen molar-refractivity contribution in [2.24, 2.45) is 5.92 Å². The molecule has 6 nitrogen and oxygen atoms in total. The summed E-state index contributed by atoms with van der Waals surface area (Å²) in [4.78, 5) is 12.8. The fourth-order valence-electron chi connectivity index (χ4n) is 2.82. The topological polar surface area (TPSA) is 65.4 Å². The summed E-state index contributed by atoms with van der Waals surface area (Å²) in [5.41, 5.74) is 2.54. The zero-order valence-electron chi connectivity index (χ0n) is 17.6. The van der Waals surface area contributed by atoms with Gasteiger partial charge < -0.3 is 14.8 Å². The number of carbonyl (C=O) groups excluding carboxylic acids is 1. The monoisotopic (exact) mass is 427 g/mol. The lowest BCUT2D eigenvalue weighted by molar-refractivity contribution is 0.102. The second-order valence-electron chi connectivity index (χ2n) is 7.23. The normalized spacial score (nSPS) is 11.8. The summed E-state index contributed by atoms with van der Waals surface area (Å²) < 4.78 is 12.9. The van der Waals surface area contributed by atoms with Crippen LogP contribution in [0.5, 0.6) is 11.5 Å². The first-order chi connectivity index (χ1) is 14.4. The Balaban J connectivity index is 1.75. The molecule has 3 aromatic rings. The number of aromatic nitrogens is 2. The molecule has 0 bridgehead atoms. The smallest absolute Gasteiger partial charge is 0.276 e. The van der Waals surface area contributed by atoms with Gasteiger partial charge in [0.2, 0.25) is 0 Å². The Labute approximate surface area is 181 Å². The van der Waals surface area contributed by atoms with E-state index in [1.807, 2.05) is 25.3 Å². The number of aryl methyl sites for hydroxylation is 1. The van der Waals surface area contributed by atoms with Gasteiger partial charge in [-0.25, -0.2) is 4.68 Å². The van der Waals surface area contributed by atoms with E-state index < -0.39 is 0 Å². The molecule has 0 spiro atoms. The van der Waals surface area contributed by atoms with Crippen molar-refractivity contribution < 1.29 is 14.3 Å². The number of carbonyl (C=O) groups is 1. The average Bonchev–Trinajstić information content (AvgIpc) is 3.14. The minimum Gasteiger partial charge on any atom is -0.493 e. The number of benzene rings is 2. The fraction of sp³-hybridized carbons (Fsp3) is 0.304. The van der Waals surface area contributed by atoms with E-state index in [9.17, 15) is 4.79 Å². The number of methoxy groups -OCH3 is 1. The Kier molecular flexibility index (Phi) is 7.00. The molecule has 0 fully saturated rings. The lowest BCUT2D eigenvalue weighted by Crippen LogP contribution is -2.14. The zero-order chi connectivity index (χ0) is 21.7. The number of hydrogen-bond donors (Lipinski definition) is 1. The van der Waals surface area contributed by atoms with Crippen LogP contribution in [0.2, 0.25) is 5.02 Å². The highest BCUT2D eigenvalue weighted by Crippen LogP contribution is 2.31. The number of nitrogens with one attached hydrogen (secondary N) is 1. The van der Waals surface area contributed by atoms with Crippen LogP contribution in [0, 0.1) is 12.8 Å². The number of anilines is 1. The van der Waals surface area contributed by atoms with Crippen molar-refractivity contribution in [2.45, 2.75) is 27.2 Å². The van der Waals surface area contributed by atoms with Gasteiger partial charge in [0.25, 0.3) is 5.91 Å². The van der Waals surface area contributed by atoms with Crippen molar-refractivity contribution in [1.29, 1.82) is 0 Å². The number of rotatable bonds is 8. The minimum absolute atomic E-state index is 0.296. The number of hydrogen-bond acceptors (Lipinski definition) is 4. The van der Waals surface area contributed by atoms with Crippen LogP contribution in [-0.2, 0) is 0 Å². The summed E-state index contributed by atoms with van der Waals surface area (Å²) >= 11 is 5.94. The van der Waals surface area contributed by atoms with Crippen molar-refractivity contribution in [3.8, 4) is 17.2 Å². The van der Waals surface area contributed by atoms with Gasteiger partial charge in [0, 0.05) is 28.5 Å². The quantitative estimate of drug-likeness (QED) is 0.514. The van der Waals surface area contributed by atoms with Gasteiger partial charge in [-0.3, -0.25) is 4.79 Å². The Morgan fingerprint density at radius 2 is 1.93 bits per heavy atom. The molecular weight excluding hydrogens is 402 g/mol. The maximum absolute atomic E-state index is 12.8. The molecule has 158 valence electrons. The summed E-state index contributed by atoms with van der Waals surface area (Å²) in [5.74, 6) is 1.38. The molecule has 0 aliphatic heterocycles. The molecule has 0 aliphatic carbocycles. The van der Waals surface area contributed by atoms with Crippen molar-refractivity contribution in [3.63, 3.8) is 0 Å². The van der Waals surface area contributed by atoms with Crippen molar-refractivity contribution in [2.75, 3.05) is 19.0 Å². The van der Waals surface area contributed by atoms with Gasteiger partial charge in [0.15, 0.2) is 17.2 Å². The molecule has 0 aliphatic rings.